The average molecular weight is 209 g/mol. The van der Waals surface area contributed by atoms with E-state index in [1.54, 1.807) is 6.92 Å². The summed E-state index contributed by atoms with van der Waals surface area (Å²) in [5.74, 6) is 1.33. The normalized spacial score (nSPS) is 10.7. The Labute approximate surface area is 88.6 Å². The predicted octanol–water partition coefficient (Wildman–Crippen LogP) is 1.32. The van der Waals surface area contributed by atoms with Crippen LogP contribution in [0.25, 0.3) is 0 Å². The number of aryl methyl sites for hydroxylation is 2. The number of carboxylic acids is 1. The van der Waals surface area contributed by atoms with Gasteiger partial charge in [-0.1, -0.05) is 13.8 Å². The van der Waals surface area contributed by atoms with Crippen LogP contribution in [0.3, 0.4) is 0 Å². The summed E-state index contributed by atoms with van der Waals surface area (Å²) in [4.78, 5) is 22.9. The fourth-order valence-electron chi connectivity index (χ4n) is 1.15. The molecule has 1 heterocycles. The maximum absolute atomic E-state index is 10.4. The van der Waals surface area contributed by atoms with Gasteiger partial charge in [-0.25, -0.2) is 15.0 Å². The second kappa shape index (κ2) is 4.82. The van der Waals surface area contributed by atoms with E-state index in [4.69, 9.17) is 5.11 Å². The lowest BCUT2D eigenvalue weighted by Gasteiger charge is -2.06. The van der Waals surface area contributed by atoms with Crippen LogP contribution in [-0.4, -0.2) is 26.0 Å². The largest absolute Gasteiger partial charge is 0.481 e. The van der Waals surface area contributed by atoms with E-state index in [0.717, 1.165) is 5.82 Å². The van der Waals surface area contributed by atoms with E-state index in [-0.39, 0.29) is 12.3 Å². The number of carbonyl (C=O) groups is 1. The fraction of sp³-hybridized carbons (Fsp3) is 0.600. The Morgan fingerprint density at radius 2 is 2.00 bits per heavy atom. The molecular formula is C10H15N3O2. The molecule has 5 nitrogen and oxygen atoms in total. The number of hydrogen-bond acceptors (Lipinski definition) is 4. The third-order valence-corrected chi connectivity index (χ3v) is 1.89. The number of aliphatic carboxylic acids is 1. The quantitative estimate of drug-likeness (QED) is 0.809. The molecule has 0 bridgehead atoms. The van der Waals surface area contributed by atoms with Crippen LogP contribution in [0.2, 0.25) is 0 Å². The van der Waals surface area contributed by atoms with Gasteiger partial charge < -0.3 is 5.11 Å². The van der Waals surface area contributed by atoms with E-state index in [2.05, 4.69) is 15.0 Å². The van der Waals surface area contributed by atoms with Crippen LogP contribution in [0.1, 0.15) is 43.7 Å². The van der Waals surface area contributed by atoms with Gasteiger partial charge in [-0.2, -0.15) is 0 Å². The Kier molecular flexibility index (Phi) is 3.71. The van der Waals surface area contributed by atoms with Crippen molar-refractivity contribution < 1.29 is 9.90 Å². The summed E-state index contributed by atoms with van der Waals surface area (Å²) < 4.78 is 0. The summed E-state index contributed by atoms with van der Waals surface area (Å²) in [6, 6.07) is 0. The average Bonchev–Trinajstić information content (AvgIpc) is 2.13. The molecule has 0 aromatic carbocycles. The first kappa shape index (κ1) is 11.6. The highest BCUT2D eigenvalue weighted by Gasteiger charge is 2.08. The second-order valence-electron chi connectivity index (χ2n) is 3.71. The van der Waals surface area contributed by atoms with Crippen molar-refractivity contribution in [1.29, 1.82) is 0 Å². The molecular weight excluding hydrogens is 194 g/mol. The van der Waals surface area contributed by atoms with Gasteiger partial charge in [0.25, 0.3) is 0 Å². The molecule has 0 unspecified atom stereocenters. The molecule has 82 valence electrons. The Balaban J connectivity index is 2.84. The predicted molar refractivity (Wildman–Crippen MR) is 54.6 cm³/mol. The van der Waals surface area contributed by atoms with Crippen LogP contribution < -0.4 is 0 Å². The Bertz CT molecular complexity index is 364. The first-order valence-electron chi connectivity index (χ1n) is 4.92. The van der Waals surface area contributed by atoms with E-state index in [9.17, 15) is 4.79 Å². The van der Waals surface area contributed by atoms with Crippen molar-refractivity contribution in [2.24, 2.45) is 0 Å². The van der Waals surface area contributed by atoms with Crippen LogP contribution in [0.4, 0.5) is 0 Å². The topological polar surface area (TPSA) is 76.0 Å². The van der Waals surface area contributed by atoms with Crippen molar-refractivity contribution in [3.8, 4) is 0 Å². The lowest BCUT2D eigenvalue weighted by atomic mass is 10.2. The standard InChI is InChI=1S/C10H15N3O2/c1-6(2)10-12-7(3)11-8(13-10)4-5-9(14)15/h6H,4-5H2,1-3H3,(H,14,15). The zero-order valence-corrected chi connectivity index (χ0v) is 9.19. The van der Waals surface area contributed by atoms with E-state index < -0.39 is 5.97 Å². The molecule has 0 amide bonds. The van der Waals surface area contributed by atoms with Crippen LogP contribution >= 0.6 is 0 Å². The minimum atomic E-state index is -0.834. The highest BCUT2D eigenvalue weighted by atomic mass is 16.4. The van der Waals surface area contributed by atoms with Gasteiger partial charge in [-0.05, 0) is 6.92 Å². The first-order valence-corrected chi connectivity index (χ1v) is 4.92. The molecule has 15 heavy (non-hydrogen) atoms. The number of rotatable bonds is 4. The number of carboxylic acid groups (broad SMARTS) is 1. The number of aromatic nitrogens is 3. The molecule has 0 saturated carbocycles. The van der Waals surface area contributed by atoms with Crippen molar-refractivity contribution in [3.63, 3.8) is 0 Å². The third-order valence-electron chi connectivity index (χ3n) is 1.89. The molecule has 0 saturated heterocycles. The third kappa shape index (κ3) is 3.61. The van der Waals surface area contributed by atoms with Crippen LogP contribution in [-0.2, 0) is 11.2 Å². The molecule has 0 aliphatic carbocycles. The Hall–Kier alpha value is -1.52. The van der Waals surface area contributed by atoms with Crippen LogP contribution in [0.15, 0.2) is 0 Å². The van der Waals surface area contributed by atoms with Gasteiger partial charge in [0.15, 0.2) is 0 Å². The first-order chi connectivity index (χ1) is 6.99. The molecule has 1 N–H and O–H groups in total. The Morgan fingerprint density at radius 3 is 2.53 bits per heavy atom. The maximum Gasteiger partial charge on any atom is 0.303 e. The van der Waals surface area contributed by atoms with Crippen molar-refractivity contribution in [1.82, 2.24) is 15.0 Å². The smallest absolute Gasteiger partial charge is 0.303 e. The van der Waals surface area contributed by atoms with E-state index in [1.807, 2.05) is 13.8 Å². The summed E-state index contributed by atoms with van der Waals surface area (Å²) in [6.45, 7) is 5.78. The Morgan fingerprint density at radius 1 is 1.33 bits per heavy atom. The molecule has 0 fully saturated rings. The zero-order valence-electron chi connectivity index (χ0n) is 9.19. The maximum atomic E-state index is 10.4. The van der Waals surface area contributed by atoms with Crippen molar-refractivity contribution in [3.05, 3.63) is 17.5 Å². The van der Waals surface area contributed by atoms with Crippen molar-refractivity contribution in [2.45, 2.75) is 39.5 Å². The van der Waals surface area contributed by atoms with Gasteiger partial charge in [0, 0.05) is 12.3 Å². The molecule has 0 aliphatic rings. The van der Waals surface area contributed by atoms with Crippen molar-refractivity contribution in [2.75, 3.05) is 0 Å². The summed E-state index contributed by atoms with van der Waals surface area (Å²) in [6.07, 6.45) is 0.416. The highest BCUT2D eigenvalue weighted by Crippen LogP contribution is 2.09. The molecule has 0 spiro atoms. The second-order valence-corrected chi connectivity index (χ2v) is 3.71. The van der Waals surface area contributed by atoms with E-state index in [1.165, 1.54) is 0 Å². The van der Waals surface area contributed by atoms with Gasteiger partial charge in [0.05, 0.1) is 6.42 Å². The van der Waals surface area contributed by atoms with E-state index >= 15 is 0 Å². The van der Waals surface area contributed by atoms with Crippen LogP contribution in [0, 0.1) is 6.92 Å². The fourth-order valence-corrected chi connectivity index (χ4v) is 1.15. The van der Waals surface area contributed by atoms with Gasteiger partial charge in [-0.3, -0.25) is 4.79 Å². The van der Waals surface area contributed by atoms with E-state index in [0.29, 0.717) is 18.1 Å². The van der Waals surface area contributed by atoms with Gasteiger partial charge in [0.1, 0.15) is 17.5 Å². The monoisotopic (exact) mass is 209 g/mol. The lowest BCUT2D eigenvalue weighted by molar-refractivity contribution is -0.137. The molecule has 0 aliphatic heterocycles. The minimum absolute atomic E-state index is 0.0565. The minimum Gasteiger partial charge on any atom is -0.481 e. The number of nitrogens with zero attached hydrogens (tertiary/aromatic N) is 3. The summed E-state index contributed by atoms with van der Waals surface area (Å²) in [7, 11) is 0. The summed E-state index contributed by atoms with van der Waals surface area (Å²) in [5.41, 5.74) is 0. The van der Waals surface area contributed by atoms with Gasteiger partial charge in [-0.15, -0.1) is 0 Å². The molecule has 0 atom stereocenters. The van der Waals surface area contributed by atoms with Crippen molar-refractivity contribution >= 4 is 5.97 Å². The highest BCUT2D eigenvalue weighted by molar-refractivity contribution is 5.66. The molecule has 1 aromatic rings. The number of hydrogen-bond donors (Lipinski definition) is 1. The van der Waals surface area contributed by atoms with Gasteiger partial charge in [0.2, 0.25) is 0 Å². The lowest BCUT2D eigenvalue weighted by Crippen LogP contribution is -2.08. The summed E-state index contributed by atoms with van der Waals surface area (Å²) in [5, 5.41) is 8.55. The van der Waals surface area contributed by atoms with Gasteiger partial charge >= 0.3 is 5.97 Å². The zero-order chi connectivity index (χ0) is 11.4. The SMILES string of the molecule is Cc1nc(CCC(=O)O)nc(C(C)C)n1. The molecule has 5 heteroatoms. The summed E-state index contributed by atoms with van der Waals surface area (Å²) >= 11 is 0. The molecule has 1 rings (SSSR count). The molecule has 0 radical (unpaired) electrons. The molecule has 1 aromatic heterocycles. The van der Waals surface area contributed by atoms with Crippen LogP contribution in [0.5, 0.6) is 0 Å².